The maximum Gasteiger partial charge on any atom is 0.260 e. The molecule has 23 heavy (non-hydrogen) atoms. The van der Waals surface area contributed by atoms with Gasteiger partial charge in [0.1, 0.15) is 12.1 Å². The van der Waals surface area contributed by atoms with E-state index >= 15 is 0 Å². The second kappa shape index (κ2) is 6.76. The Morgan fingerprint density at radius 2 is 1.91 bits per heavy atom. The molecule has 2 unspecified atom stereocenters. The molecule has 1 aromatic heterocycles. The van der Waals surface area contributed by atoms with Crippen LogP contribution in [0.3, 0.4) is 0 Å². The van der Waals surface area contributed by atoms with Crippen LogP contribution in [0, 0.1) is 0 Å². The molecule has 0 saturated carbocycles. The lowest BCUT2D eigenvalue weighted by Gasteiger charge is -2.38. The van der Waals surface area contributed by atoms with E-state index in [1.165, 1.54) is 12.7 Å². The standard InChI is InChI=1S/C16H21N5O2/c1-12-4-3-5-13(2)21(12)16(22)10-23-15-8-6-14(7-9-15)20-11-17-18-19-20/h6-9,11-13H,3-5,10H2,1-2H3. The molecular formula is C16H21N5O2. The van der Waals surface area contributed by atoms with Gasteiger partial charge in [0, 0.05) is 12.1 Å². The minimum absolute atomic E-state index is 0.0502. The van der Waals surface area contributed by atoms with Gasteiger partial charge in [0.25, 0.3) is 5.91 Å². The predicted molar refractivity (Wildman–Crippen MR) is 84.3 cm³/mol. The molecule has 1 fully saturated rings. The van der Waals surface area contributed by atoms with Gasteiger partial charge < -0.3 is 9.64 Å². The van der Waals surface area contributed by atoms with E-state index in [2.05, 4.69) is 29.4 Å². The number of tetrazole rings is 1. The lowest BCUT2D eigenvalue weighted by molar-refractivity contribution is -0.139. The number of carbonyl (C=O) groups excluding carboxylic acids is 1. The third-order valence-electron chi connectivity index (χ3n) is 4.29. The number of rotatable bonds is 4. The second-order valence-corrected chi connectivity index (χ2v) is 5.97. The molecule has 0 spiro atoms. The van der Waals surface area contributed by atoms with Gasteiger partial charge in [-0.05, 0) is 67.8 Å². The molecule has 1 aliphatic rings. The van der Waals surface area contributed by atoms with Gasteiger partial charge in [-0.25, -0.2) is 4.68 Å². The molecule has 7 heteroatoms. The van der Waals surface area contributed by atoms with Gasteiger partial charge in [0.2, 0.25) is 0 Å². The number of ether oxygens (including phenoxy) is 1. The predicted octanol–water partition coefficient (Wildman–Crippen LogP) is 1.83. The summed E-state index contributed by atoms with van der Waals surface area (Å²) in [6, 6.07) is 7.90. The van der Waals surface area contributed by atoms with Crippen molar-refractivity contribution in [2.24, 2.45) is 0 Å². The van der Waals surface area contributed by atoms with Gasteiger partial charge >= 0.3 is 0 Å². The van der Waals surface area contributed by atoms with Crippen LogP contribution < -0.4 is 4.74 Å². The van der Waals surface area contributed by atoms with Crippen molar-refractivity contribution in [2.45, 2.75) is 45.2 Å². The Morgan fingerprint density at radius 3 is 2.52 bits per heavy atom. The Labute approximate surface area is 135 Å². The van der Waals surface area contributed by atoms with Crippen LogP contribution in [0.15, 0.2) is 30.6 Å². The number of amides is 1. The number of carbonyl (C=O) groups is 1. The van der Waals surface area contributed by atoms with Crippen molar-refractivity contribution >= 4 is 5.91 Å². The van der Waals surface area contributed by atoms with E-state index in [4.69, 9.17) is 4.74 Å². The first-order valence-electron chi connectivity index (χ1n) is 7.92. The largest absolute Gasteiger partial charge is 0.484 e. The van der Waals surface area contributed by atoms with E-state index in [-0.39, 0.29) is 24.6 Å². The highest BCUT2D eigenvalue weighted by atomic mass is 16.5. The van der Waals surface area contributed by atoms with Crippen LogP contribution in [0.4, 0.5) is 0 Å². The van der Waals surface area contributed by atoms with Crippen LogP contribution in [-0.4, -0.2) is 49.7 Å². The Bertz CT molecular complexity index is 631. The van der Waals surface area contributed by atoms with E-state index in [0.717, 1.165) is 18.5 Å². The fraction of sp³-hybridized carbons (Fsp3) is 0.500. The summed E-state index contributed by atoms with van der Waals surface area (Å²) >= 11 is 0. The molecular weight excluding hydrogens is 294 g/mol. The minimum Gasteiger partial charge on any atom is -0.484 e. The molecule has 122 valence electrons. The molecule has 1 aliphatic heterocycles. The Kier molecular flexibility index (Phi) is 4.55. The van der Waals surface area contributed by atoms with Gasteiger partial charge in [0.15, 0.2) is 6.61 Å². The van der Waals surface area contributed by atoms with Crippen molar-refractivity contribution in [3.8, 4) is 11.4 Å². The Morgan fingerprint density at radius 1 is 1.22 bits per heavy atom. The maximum absolute atomic E-state index is 12.4. The van der Waals surface area contributed by atoms with Crippen molar-refractivity contribution in [2.75, 3.05) is 6.61 Å². The zero-order valence-corrected chi connectivity index (χ0v) is 13.4. The maximum atomic E-state index is 12.4. The lowest BCUT2D eigenvalue weighted by atomic mass is 9.97. The quantitative estimate of drug-likeness (QED) is 0.860. The summed E-state index contributed by atoms with van der Waals surface area (Å²) in [5.41, 5.74) is 0.840. The van der Waals surface area contributed by atoms with Crippen molar-refractivity contribution in [3.05, 3.63) is 30.6 Å². The molecule has 0 N–H and O–H groups in total. The summed E-state index contributed by atoms with van der Waals surface area (Å²) in [5.74, 6) is 0.710. The summed E-state index contributed by atoms with van der Waals surface area (Å²) < 4.78 is 7.20. The number of aromatic nitrogens is 4. The smallest absolute Gasteiger partial charge is 0.260 e. The summed E-state index contributed by atoms with van der Waals surface area (Å²) in [6.45, 7) is 4.28. The molecule has 2 heterocycles. The molecule has 2 aromatic rings. The zero-order chi connectivity index (χ0) is 16.2. The van der Waals surface area contributed by atoms with E-state index in [0.29, 0.717) is 5.75 Å². The first kappa shape index (κ1) is 15.5. The fourth-order valence-corrected chi connectivity index (χ4v) is 3.11. The third kappa shape index (κ3) is 3.49. The highest BCUT2D eigenvalue weighted by Crippen LogP contribution is 2.23. The van der Waals surface area contributed by atoms with E-state index in [1.807, 2.05) is 29.2 Å². The highest BCUT2D eigenvalue weighted by Gasteiger charge is 2.28. The van der Waals surface area contributed by atoms with Crippen LogP contribution in [0.5, 0.6) is 5.75 Å². The first-order valence-corrected chi connectivity index (χ1v) is 7.92. The second-order valence-electron chi connectivity index (χ2n) is 5.97. The third-order valence-corrected chi connectivity index (χ3v) is 4.29. The van der Waals surface area contributed by atoms with E-state index in [9.17, 15) is 4.79 Å². The summed E-state index contributed by atoms with van der Waals surface area (Å²) in [6.07, 6.45) is 4.84. The molecule has 1 saturated heterocycles. The number of piperidine rings is 1. The minimum atomic E-state index is 0.0502. The molecule has 3 rings (SSSR count). The molecule has 0 radical (unpaired) electrons. The van der Waals surface area contributed by atoms with Crippen LogP contribution in [0.25, 0.3) is 5.69 Å². The average Bonchev–Trinajstić information content (AvgIpc) is 3.08. The summed E-state index contributed by atoms with van der Waals surface area (Å²) in [4.78, 5) is 14.4. The summed E-state index contributed by atoms with van der Waals surface area (Å²) in [7, 11) is 0. The number of nitrogens with zero attached hydrogens (tertiary/aromatic N) is 5. The van der Waals surface area contributed by atoms with Crippen molar-refractivity contribution in [1.82, 2.24) is 25.1 Å². The average molecular weight is 315 g/mol. The number of hydrogen-bond donors (Lipinski definition) is 0. The summed E-state index contributed by atoms with van der Waals surface area (Å²) in [5, 5.41) is 11.0. The van der Waals surface area contributed by atoms with Crippen molar-refractivity contribution < 1.29 is 9.53 Å². The van der Waals surface area contributed by atoms with Crippen LogP contribution >= 0.6 is 0 Å². The molecule has 0 bridgehead atoms. The number of benzene rings is 1. The topological polar surface area (TPSA) is 73.1 Å². The molecule has 0 aliphatic carbocycles. The number of likely N-dealkylation sites (tertiary alicyclic amines) is 1. The van der Waals surface area contributed by atoms with Gasteiger partial charge in [-0.15, -0.1) is 5.10 Å². The van der Waals surface area contributed by atoms with Crippen LogP contribution in [-0.2, 0) is 4.79 Å². The van der Waals surface area contributed by atoms with Gasteiger partial charge in [-0.1, -0.05) is 0 Å². The number of hydrogen-bond acceptors (Lipinski definition) is 5. The van der Waals surface area contributed by atoms with Crippen molar-refractivity contribution in [3.63, 3.8) is 0 Å². The molecule has 1 aromatic carbocycles. The van der Waals surface area contributed by atoms with E-state index < -0.39 is 0 Å². The monoisotopic (exact) mass is 315 g/mol. The fourth-order valence-electron chi connectivity index (χ4n) is 3.11. The van der Waals surface area contributed by atoms with Gasteiger partial charge in [-0.3, -0.25) is 4.79 Å². The first-order chi connectivity index (χ1) is 11.1. The van der Waals surface area contributed by atoms with Gasteiger partial charge in [-0.2, -0.15) is 0 Å². The molecule has 1 amide bonds. The zero-order valence-electron chi connectivity index (χ0n) is 13.4. The normalized spacial score (nSPS) is 21.2. The Hall–Kier alpha value is -2.44. The van der Waals surface area contributed by atoms with E-state index in [1.54, 1.807) is 4.68 Å². The van der Waals surface area contributed by atoms with Gasteiger partial charge in [0.05, 0.1) is 5.69 Å². The Balaban J connectivity index is 1.58. The highest BCUT2D eigenvalue weighted by molar-refractivity contribution is 5.78. The molecule has 7 nitrogen and oxygen atoms in total. The lowest BCUT2D eigenvalue weighted by Crippen LogP contribution is -2.49. The SMILES string of the molecule is CC1CCCC(C)N1C(=O)COc1ccc(-n2cnnn2)cc1. The molecule has 2 atom stereocenters. The van der Waals surface area contributed by atoms with Crippen molar-refractivity contribution in [1.29, 1.82) is 0 Å². The van der Waals surface area contributed by atoms with Crippen LogP contribution in [0.1, 0.15) is 33.1 Å². The van der Waals surface area contributed by atoms with Crippen LogP contribution in [0.2, 0.25) is 0 Å².